The monoisotopic (exact) mass is 287 g/mol. The van der Waals surface area contributed by atoms with Crippen LogP contribution in [0.5, 0.6) is 0 Å². The van der Waals surface area contributed by atoms with Crippen molar-refractivity contribution in [3.63, 3.8) is 0 Å². The average molecular weight is 287 g/mol. The number of benzene rings is 1. The number of hydrogen-bond acceptors (Lipinski definition) is 4. The van der Waals surface area contributed by atoms with Crippen LogP contribution in [-0.4, -0.2) is 30.1 Å². The van der Waals surface area contributed by atoms with Gasteiger partial charge in [0.2, 0.25) is 0 Å². The van der Waals surface area contributed by atoms with Crippen LogP contribution in [0.15, 0.2) is 35.5 Å². The first-order valence-electron chi connectivity index (χ1n) is 7.51. The van der Waals surface area contributed by atoms with Crippen molar-refractivity contribution >= 4 is 12.8 Å². The van der Waals surface area contributed by atoms with Crippen LogP contribution in [0.2, 0.25) is 6.32 Å². The lowest BCUT2D eigenvalue weighted by Crippen LogP contribution is -2.41. The van der Waals surface area contributed by atoms with Gasteiger partial charge in [0.05, 0.1) is 16.9 Å². The third-order valence-electron chi connectivity index (χ3n) is 4.60. The lowest BCUT2D eigenvalue weighted by atomic mass is 9.80. The molecule has 5 heteroatoms. The molecule has 0 radical (unpaired) electrons. The average Bonchev–Trinajstić information content (AvgIpc) is 2.94. The van der Waals surface area contributed by atoms with Crippen molar-refractivity contribution in [3.05, 3.63) is 35.9 Å². The second kappa shape index (κ2) is 5.14. The van der Waals surface area contributed by atoms with Crippen molar-refractivity contribution in [1.82, 2.24) is 0 Å². The number of rotatable bonds is 3. The van der Waals surface area contributed by atoms with Gasteiger partial charge in [0.1, 0.15) is 6.10 Å². The molecule has 0 spiro atoms. The predicted molar refractivity (Wildman–Crippen MR) is 83.4 cm³/mol. The molecule has 2 aliphatic heterocycles. The van der Waals surface area contributed by atoms with E-state index in [1.807, 2.05) is 18.2 Å². The molecule has 1 fully saturated rings. The molecule has 21 heavy (non-hydrogen) atoms. The Hall–Kier alpha value is -1.33. The zero-order chi connectivity index (χ0) is 15.1. The molecule has 1 aromatic rings. The number of hydrogen-bond donors (Lipinski definition) is 0. The van der Waals surface area contributed by atoms with Crippen molar-refractivity contribution in [1.29, 1.82) is 0 Å². The standard InChI is InChI=1S/C16H22BNO3/c1-15(2)16(3,4)21-17(20-15)11-13-10-14(18-19-13)12-8-6-5-7-9-12/h5-9,13H,10-11H2,1-4H3. The zero-order valence-corrected chi connectivity index (χ0v) is 13.1. The van der Waals surface area contributed by atoms with E-state index in [0.29, 0.717) is 6.32 Å². The first-order valence-corrected chi connectivity index (χ1v) is 7.51. The fraction of sp³-hybridized carbons (Fsp3) is 0.562. The van der Waals surface area contributed by atoms with Gasteiger partial charge in [-0.2, -0.15) is 0 Å². The Morgan fingerprint density at radius 3 is 2.33 bits per heavy atom. The summed E-state index contributed by atoms with van der Waals surface area (Å²) in [4.78, 5) is 5.55. The summed E-state index contributed by atoms with van der Waals surface area (Å²) in [7, 11) is -0.231. The van der Waals surface area contributed by atoms with Gasteiger partial charge in [-0.15, -0.1) is 0 Å². The molecule has 1 unspecified atom stereocenters. The van der Waals surface area contributed by atoms with E-state index in [9.17, 15) is 0 Å². The molecule has 1 atom stereocenters. The fourth-order valence-corrected chi connectivity index (χ4v) is 2.63. The van der Waals surface area contributed by atoms with Gasteiger partial charge in [0.15, 0.2) is 0 Å². The maximum absolute atomic E-state index is 6.01. The van der Waals surface area contributed by atoms with E-state index in [1.165, 1.54) is 0 Å². The Morgan fingerprint density at radius 1 is 1.10 bits per heavy atom. The minimum absolute atomic E-state index is 0.0231. The van der Waals surface area contributed by atoms with E-state index in [1.54, 1.807) is 0 Å². The number of nitrogens with zero attached hydrogens (tertiary/aromatic N) is 1. The summed E-state index contributed by atoms with van der Waals surface area (Å²) in [5, 5.41) is 4.21. The summed E-state index contributed by atoms with van der Waals surface area (Å²) in [5.74, 6) is 0. The van der Waals surface area contributed by atoms with Crippen molar-refractivity contribution in [2.45, 2.75) is 57.7 Å². The van der Waals surface area contributed by atoms with Crippen LogP contribution in [0.1, 0.15) is 39.7 Å². The molecule has 0 aliphatic carbocycles. The molecule has 0 bridgehead atoms. The van der Waals surface area contributed by atoms with Crippen LogP contribution >= 0.6 is 0 Å². The highest BCUT2D eigenvalue weighted by Gasteiger charge is 2.51. The summed E-state index contributed by atoms with van der Waals surface area (Å²) in [6, 6.07) is 10.1. The van der Waals surface area contributed by atoms with E-state index in [2.05, 4.69) is 45.0 Å². The Balaban J connectivity index is 1.58. The molecule has 2 aliphatic rings. The largest absolute Gasteiger partial charge is 0.461 e. The second-order valence-electron chi connectivity index (χ2n) is 6.76. The lowest BCUT2D eigenvalue weighted by molar-refractivity contribution is 0.00578. The third-order valence-corrected chi connectivity index (χ3v) is 4.60. The molecule has 112 valence electrons. The summed E-state index contributed by atoms with van der Waals surface area (Å²) in [6.07, 6.45) is 1.52. The molecular weight excluding hydrogens is 265 g/mol. The molecule has 0 amide bonds. The quantitative estimate of drug-likeness (QED) is 0.801. The maximum atomic E-state index is 6.01. The van der Waals surface area contributed by atoms with Gasteiger partial charge in [0.25, 0.3) is 0 Å². The predicted octanol–water partition coefficient (Wildman–Crippen LogP) is 3.27. The van der Waals surface area contributed by atoms with E-state index >= 15 is 0 Å². The van der Waals surface area contributed by atoms with Gasteiger partial charge in [-0.25, -0.2) is 0 Å². The van der Waals surface area contributed by atoms with Crippen LogP contribution in [0.25, 0.3) is 0 Å². The van der Waals surface area contributed by atoms with Crippen molar-refractivity contribution < 1.29 is 14.1 Å². The Bertz CT molecular complexity index is 526. The Labute approximate surface area is 126 Å². The van der Waals surface area contributed by atoms with Crippen LogP contribution < -0.4 is 0 Å². The van der Waals surface area contributed by atoms with Crippen LogP contribution in [0.3, 0.4) is 0 Å². The Morgan fingerprint density at radius 2 is 1.71 bits per heavy atom. The van der Waals surface area contributed by atoms with E-state index in [4.69, 9.17) is 14.1 Å². The van der Waals surface area contributed by atoms with E-state index in [-0.39, 0.29) is 24.4 Å². The molecule has 0 aromatic heterocycles. The van der Waals surface area contributed by atoms with Gasteiger partial charge >= 0.3 is 7.12 Å². The van der Waals surface area contributed by atoms with E-state index in [0.717, 1.165) is 17.7 Å². The minimum atomic E-state index is -0.292. The summed E-state index contributed by atoms with van der Waals surface area (Å²) in [6.45, 7) is 8.26. The minimum Gasteiger partial charge on any atom is -0.403 e. The molecule has 0 saturated carbocycles. The topological polar surface area (TPSA) is 40.0 Å². The first-order chi connectivity index (χ1) is 9.87. The van der Waals surface area contributed by atoms with Gasteiger partial charge in [-0.05, 0) is 33.3 Å². The normalized spacial score (nSPS) is 26.6. The van der Waals surface area contributed by atoms with Gasteiger partial charge in [-0.3, -0.25) is 0 Å². The molecular formula is C16H22BNO3. The SMILES string of the molecule is CC1(C)OB(CC2CC(c3ccccc3)=NO2)OC1(C)C. The maximum Gasteiger partial charge on any atom is 0.461 e. The molecule has 3 rings (SSSR count). The molecule has 4 nitrogen and oxygen atoms in total. The number of oxime groups is 1. The summed E-state index contributed by atoms with van der Waals surface area (Å²) >= 11 is 0. The van der Waals surface area contributed by atoms with Gasteiger partial charge < -0.3 is 14.1 Å². The van der Waals surface area contributed by atoms with Crippen LogP contribution in [0.4, 0.5) is 0 Å². The van der Waals surface area contributed by atoms with Crippen LogP contribution in [-0.2, 0) is 14.1 Å². The van der Waals surface area contributed by atoms with E-state index < -0.39 is 0 Å². The first kappa shape index (κ1) is 14.6. The zero-order valence-electron chi connectivity index (χ0n) is 13.1. The van der Waals surface area contributed by atoms with Crippen molar-refractivity contribution in [3.8, 4) is 0 Å². The smallest absolute Gasteiger partial charge is 0.403 e. The van der Waals surface area contributed by atoms with Crippen molar-refractivity contribution in [2.75, 3.05) is 0 Å². The molecule has 1 saturated heterocycles. The molecule has 2 heterocycles. The summed E-state index contributed by atoms with van der Waals surface area (Å²) < 4.78 is 12.0. The fourth-order valence-electron chi connectivity index (χ4n) is 2.63. The highest BCUT2D eigenvalue weighted by molar-refractivity contribution is 6.45. The molecule has 0 N–H and O–H groups in total. The summed E-state index contributed by atoms with van der Waals surface area (Å²) in [5.41, 5.74) is 1.53. The highest BCUT2D eigenvalue weighted by Crippen LogP contribution is 2.38. The van der Waals surface area contributed by atoms with Gasteiger partial charge in [0, 0.05) is 12.7 Å². The third kappa shape index (κ3) is 2.85. The highest BCUT2D eigenvalue weighted by atomic mass is 16.7. The lowest BCUT2D eigenvalue weighted by Gasteiger charge is -2.32. The van der Waals surface area contributed by atoms with Gasteiger partial charge in [-0.1, -0.05) is 35.5 Å². The molecule has 1 aromatic carbocycles. The Kier molecular flexibility index (Phi) is 3.58. The van der Waals surface area contributed by atoms with Crippen molar-refractivity contribution in [2.24, 2.45) is 5.16 Å². The van der Waals surface area contributed by atoms with Crippen LogP contribution in [0, 0.1) is 0 Å². The second-order valence-corrected chi connectivity index (χ2v) is 6.76.